The smallest absolute Gasteiger partial charge is 0.359 e. The van der Waals surface area contributed by atoms with Crippen molar-refractivity contribution in [2.45, 2.75) is 13.5 Å². The van der Waals surface area contributed by atoms with Gasteiger partial charge in [-0.05, 0) is 31.2 Å². The first kappa shape index (κ1) is 16.5. The lowest BCUT2D eigenvalue weighted by atomic mass is 10.3. The second-order valence-electron chi connectivity index (χ2n) is 4.46. The van der Waals surface area contributed by atoms with Gasteiger partial charge in [-0.3, -0.25) is 0 Å². The Kier molecular flexibility index (Phi) is 5.29. The van der Waals surface area contributed by atoms with E-state index in [4.69, 9.17) is 9.47 Å². The number of halogens is 1. The van der Waals surface area contributed by atoms with Gasteiger partial charge in [-0.1, -0.05) is 0 Å². The highest BCUT2D eigenvalue weighted by atomic mass is 19.1. The van der Waals surface area contributed by atoms with Gasteiger partial charge in [0, 0.05) is 0 Å². The van der Waals surface area contributed by atoms with Crippen LogP contribution in [0.5, 0.6) is 5.75 Å². The number of rotatable bonds is 7. The van der Waals surface area contributed by atoms with Gasteiger partial charge in [-0.25, -0.2) is 19.0 Å². The summed E-state index contributed by atoms with van der Waals surface area (Å²) in [5.74, 6) is -2.00. The molecule has 1 N–H and O–H groups in total. The van der Waals surface area contributed by atoms with Crippen LogP contribution >= 0.6 is 0 Å². The Labute approximate surface area is 131 Å². The molecule has 0 radical (unpaired) electrons. The highest BCUT2D eigenvalue weighted by Crippen LogP contribution is 2.13. The zero-order valence-electron chi connectivity index (χ0n) is 12.4. The third kappa shape index (κ3) is 4.06. The topological polar surface area (TPSA) is 90.6 Å². The zero-order valence-corrected chi connectivity index (χ0v) is 12.4. The van der Waals surface area contributed by atoms with Gasteiger partial charge in [0.15, 0.2) is 11.4 Å². The van der Waals surface area contributed by atoms with Crippen LogP contribution in [0, 0.1) is 5.82 Å². The first-order chi connectivity index (χ1) is 11.0. The lowest BCUT2D eigenvalue weighted by Crippen LogP contribution is -2.17. The molecule has 2 aromatic rings. The number of aromatic nitrogens is 2. The number of aromatic carboxylic acids is 1. The molecule has 0 aliphatic carbocycles. The van der Waals surface area contributed by atoms with Crippen molar-refractivity contribution in [3.63, 3.8) is 0 Å². The molecule has 7 nitrogen and oxygen atoms in total. The van der Waals surface area contributed by atoms with E-state index in [9.17, 15) is 19.1 Å². The maximum atomic E-state index is 12.8. The Bertz CT molecular complexity index is 696. The fourth-order valence-electron chi connectivity index (χ4n) is 1.92. The van der Waals surface area contributed by atoms with Gasteiger partial charge in [0.1, 0.15) is 18.2 Å². The van der Waals surface area contributed by atoms with Crippen molar-refractivity contribution in [2.24, 2.45) is 0 Å². The largest absolute Gasteiger partial charge is 0.492 e. The van der Waals surface area contributed by atoms with E-state index in [1.165, 1.54) is 35.2 Å². The molecule has 23 heavy (non-hydrogen) atoms. The Morgan fingerprint density at radius 2 is 2.00 bits per heavy atom. The maximum Gasteiger partial charge on any atom is 0.359 e. The van der Waals surface area contributed by atoms with Crippen LogP contribution in [-0.4, -0.2) is 39.8 Å². The van der Waals surface area contributed by atoms with Gasteiger partial charge in [0.2, 0.25) is 0 Å². The predicted molar refractivity (Wildman–Crippen MR) is 77.0 cm³/mol. The molecule has 0 saturated heterocycles. The third-order valence-electron chi connectivity index (χ3n) is 2.92. The second-order valence-corrected chi connectivity index (χ2v) is 4.46. The van der Waals surface area contributed by atoms with Crippen molar-refractivity contribution in [3.05, 3.63) is 47.8 Å². The van der Waals surface area contributed by atoms with Crippen molar-refractivity contribution < 1.29 is 28.6 Å². The summed E-state index contributed by atoms with van der Waals surface area (Å²) >= 11 is 0. The van der Waals surface area contributed by atoms with E-state index in [1.54, 1.807) is 6.92 Å². The van der Waals surface area contributed by atoms with E-state index < -0.39 is 11.9 Å². The maximum absolute atomic E-state index is 12.8. The number of hydrogen-bond donors (Lipinski definition) is 1. The molecule has 0 unspecified atom stereocenters. The molecule has 0 spiro atoms. The number of carboxylic acids is 1. The fourth-order valence-corrected chi connectivity index (χ4v) is 1.92. The summed E-state index contributed by atoms with van der Waals surface area (Å²) in [6.45, 7) is 2.03. The molecule has 0 bridgehead atoms. The van der Waals surface area contributed by atoms with Gasteiger partial charge >= 0.3 is 11.9 Å². The number of hydrogen-bond acceptors (Lipinski definition) is 5. The zero-order chi connectivity index (χ0) is 16.8. The van der Waals surface area contributed by atoms with E-state index in [2.05, 4.69) is 4.98 Å². The molecule has 2 rings (SSSR count). The van der Waals surface area contributed by atoms with Crippen molar-refractivity contribution in [1.82, 2.24) is 9.55 Å². The minimum atomic E-state index is -1.28. The molecule has 1 heterocycles. The van der Waals surface area contributed by atoms with Crippen LogP contribution in [0.3, 0.4) is 0 Å². The van der Waals surface area contributed by atoms with Gasteiger partial charge in [0.05, 0.1) is 19.5 Å². The summed E-state index contributed by atoms with van der Waals surface area (Å²) < 4.78 is 24.2. The van der Waals surface area contributed by atoms with Gasteiger partial charge in [-0.15, -0.1) is 0 Å². The molecule has 0 fully saturated rings. The average molecular weight is 322 g/mol. The molecular formula is C15H15FN2O5. The van der Waals surface area contributed by atoms with E-state index in [0.29, 0.717) is 5.75 Å². The summed E-state index contributed by atoms with van der Waals surface area (Å²) in [6, 6.07) is 5.44. The van der Waals surface area contributed by atoms with Crippen LogP contribution in [0.25, 0.3) is 0 Å². The summed E-state index contributed by atoms with van der Waals surface area (Å²) in [7, 11) is 0. The Hall–Kier alpha value is -2.90. The minimum Gasteiger partial charge on any atom is -0.492 e. The monoisotopic (exact) mass is 322 g/mol. The number of nitrogens with zero attached hydrogens (tertiary/aromatic N) is 2. The number of carbonyl (C=O) groups excluding carboxylic acids is 1. The van der Waals surface area contributed by atoms with E-state index in [-0.39, 0.29) is 37.0 Å². The summed E-state index contributed by atoms with van der Waals surface area (Å²) in [5, 5.41) is 9.25. The first-order valence-corrected chi connectivity index (χ1v) is 6.86. The Morgan fingerprint density at radius 3 is 2.61 bits per heavy atom. The summed E-state index contributed by atoms with van der Waals surface area (Å²) in [4.78, 5) is 26.8. The Balaban J connectivity index is 2.06. The van der Waals surface area contributed by atoms with E-state index in [0.717, 1.165) is 0 Å². The molecule has 0 saturated carbocycles. The summed E-state index contributed by atoms with van der Waals surface area (Å²) in [6.07, 6.45) is 1.24. The molecule has 0 aliphatic heterocycles. The van der Waals surface area contributed by atoms with Crippen molar-refractivity contribution >= 4 is 11.9 Å². The Morgan fingerprint density at radius 1 is 1.30 bits per heavy atom. The van der Waals surface area contributed by atoms with Gasteiger partial charge in [-0.2, -0.15) is 0 Å². The molecule has 8 heteroatoms. The highest BCUT2D eigenvalue weighted by Gasteiger charge is 2.24. The number of benzene rings is 1. The number of esters is 1. The quantitative estimate of drug-likeness (QED) is 0.784. The third-order valence-corrected chi connectivity index (χ3v) is 2.92. The summed E-state index contributed by atoms with van der Waals surface area (Å²) in [5.41, 5.74) is -0.507. The SMILES string of the molecule is CCOC(=O)c1ncn(CCOc2ccc(F)cc2)c1C(=O)O. The number of carbonyl (C=O) groups is 2. The molecule has 0 atom stereocenters. The van der Waals surface area contributed by atoms with E-state index >= 15 is 0 Å². The van der Waals surface area contributed by atoms with E-state index in [1.807, 2.05) is 0 Å². The molecule has 1 aromatic carbocycles. The highest BCUT2D eigenvalue weighted by molar-refractivity contribution is 5.99. The second kappa shape index (κ2) is 7.39. The van der Waals surface area contributed by atoms with Crippen molar-refractivity contribution in [1.29, 1.82) is 0 Å². The van der Waals surface area contributed by atoms with Crippen molar-refractivity contribution in [2.75, 3.05) is 13.2 Å². The molecule has 1 aromatic heterocycles. The number of imidazole rings is 1. The molecular weight excluding hydrogens is 307 g/mol. The van der Waals surface area contributed by atoms with Crippen LogP contribution in [0.1, 0.15) is 27.9 Å². The van der Waals surface area contributed by atoms with Crippen LogP contribution in [0.4, 0.5) is 4.39 Å². The standard InChI is InChI=1S/C15H15FN2O5/c1-2-22-15(21)12-13(14(19)20)18(9-17-12)7-8-23-11-5-3-10(16)4-6-11/h3-6,9H,2,7-8H2,1H3,(H,19,20). The number of carboxylic acid groups (broad SMARTS) is 1. The minimum absolute atomic E-state index is 0.123. The molecule has 122 valence electrons. The van der Waals surface area contributed by atoms with Crippen LogP contribution in [0.2, 0.25) is 0 Å². The number of ether oxygens (including phenoxy) is 2. The van der Waals surface area contributed by atoms with Crippen LogP contribution < -0.4 is 4.74 Å². The molecule has 0 amide bonds. The first-order valence-electron chi connectivity index (χ1n) is 6.86. The fraction of sp³-hybridized carbons (Fsp3) is 0.267. The van der Waals surface area contributed by atoms with Crippen LogP contribution in [-0.2, 0) is 11.3 Å². The van der Waals surface area contributed by atoms with Crippen LogP contribution in [0.15, 0.2) is 30.6 Å². The predicted octanol–water partition coefficient (Wildman–Crippen LogP) is 1.98. The van der Waals surface area contributed by atoms with Crippen molar-refractivity contribution in [3.8, 4) is 5.75 Å². The average Bonchev–Trinajstić information content (AvgIpc) is 2.94. The lowest BCUT2D eigenvalue weighted by Gasteiger charge is -2.08. The molecule has 0 aliphatic rings. The lowest BCUT2D eigenvalue weighted by molar-refractivity contribution is 0.0506. The van der Waals surface area contributed by atoms with Gasteiger partial charge in [0.25, 0.3) is 0 Å². The normalized spacial score (nSPS) is 10.3. The van der Waals surface area contributed by atoms with Gasteiger partial charge < -0.3 is 19.1 Å².